The minimum atomic E-state index is -0.0978. The van der Waals surface area contributed by atoms with Gasteiger partial charge < -0.3 is 19.7 Å². The summed E-state index contributed by atoms with van der Waals surface area (Å²) in [5.74, 6) is 2.15. The number of ether oxygens (including phenoxy) is 2. The summed E-state index contributed by atoms with van der Waals surface area (Å²) in [7, 11) is 3.27. The van der Waals surface area contributed by atoms with Crippen molar-refractivity contribution < 1.29 is 14.0 Å². The lowest BCUT2D eigenvalue weighted by molar-refractivity contribution is 0.0751. The van der Waals surface area contributed by atoms with Crippen molar-refractivity contribution in [1.29, 1.82) is 0 Å². The minimum Gasteiger partial charge on any atom is -0.497 e. The molecule has 1 unspecified atom stereocenters. The fourth-order valence-corrected chi connectivity index (χ4v) is 2.22. The fourth-order valence-electron chi connectivity index (χ4n) is 2.22. The predicted octanol–water partition coefficient (Wildman–Crippen LogP) is 2.42. The van der Waals surface area contributed by atoms with Gasteiger partial charge in [-0.05, 0) is 37.0 Å². The van der Waals surface area contributed by atoms with Crippen LogP contribution in [0.1, 0.15) is 24.8 Å². The average Bonchev–Trinajstić information content (AvgIpc) is 3.18. The van der Waals surface area contributed by atoms with E-state index in [2.05, 4.69) is 10.1 Å². The summed E-state index contributed by atoms with van der Waals surface area (Å²) in [5.41, 5.74) is 7.20. The van der Waals surface area contributed by atoms with Gasteiger partial charge in [-0.3, -0.25) is 0 Å². The van der Waals surface area contributed by atoms with E-state index in [1.54, 1.807) is 32.4 Å². The lowest BCUT2D eigenvalue weighted by Crippen LogP contribution is -2.05. The van der Waals surface area contributed by atoms with E-state index in [4.69, 9.17) is 19.7 Å². The lowest BCUT2D eigenvalue weighted by atomic mass is 10.1. The Morgan fingerprint density at radius 1 is 1.35 bits per heavy atom. The van der Waals surface area contributed by atoms with Crippen molar-refractivity contribution >= 4 is 5.69 Å². The number of benzene rings is 1. The topological polar surface area (TPSA) is 83.4 Å². The molecule has 1 fully saturated rings. The number of hydrogen-bond donors (Lipinski definition) is 1. The van der Waals surface area contributed by atoms with Gasteiger partial charge in [0.25, 0.3) is 5.89 Å². The van der Waals surface area contributed by atoms with E-state index in [0.29, 0.717) is 34.6 Å². The van der Waals surface area contributed by atoms with Gasteiger partial charge in [-0.2, -0.15) is 4.98 Å². The molecule has 1 aromatic carbocycles. The highest BCUT2D eigenvalue weighted by Gasteiger charge is 2.35. The van der Waals surface area contributed by atoms with Gasteiger partial charge in [-0.15, -0.1) is 0 Å². The molecule has 0 spiro atoms. The van der Waals surface area contributed by atoms with Crippen molar-refractivity contribution in [2.45, 2.75) is 18.9 Å². The molecular formula is C14H17N3O3. The van der Waals surface area contributed by atoms with Crippen LogP contribution < -0.4 is 10.5 Å². The molecule has 0 aliphatic heterocycles. The molecule has 106 valence electrons. The zero-order valence-corrected chi connectivity index (χ0v) is 11.5. The maximum atomic E-state index is 5.95. The van der Waals surface area contributed by atoms with E-state index in [1.807, 2.05) is 0 Å². The molecule has 0 amide bonds. The van der Waals surface area contributed by atoms with Crippen molar-refractivity contribution in [2.75, 3.05) is 20.0 Å². The number of nitrogen functional groups attached to an aromatic ring is 1. The number of hydrogen-bond acceptors (Lipinski definition) is 6. The Kier molecular flexibility index (Phi) is 3.31. The van der Waals surface area contributed by atoms with Crippen molar-refractivity contribution in [3.05, 3.63) is 24.0 Å². The molecule has 2 N–H and O–H groups in total. The van der Waals surface area contributed by atoms with Crippen molar-refractivity contribution in [3.8, 4) is 17.2 Å². The van der Waals surface area contributed by atoms with Crippen LogP contribution in [0.4, 0.5) is 5.69 Å². The summed E-state index contributed by atoms with van der Waals surface area (Å²) >= 11 is 0. The molecule has 0 saturated heterocycles. The van der Waals surface area contributed by atoms with Gasteiger partial charge in [0.1, 0.15) is 11.9 Å². The zero-order chi connectivity index (χ0) is 14.1. The first-order valence-electron chi connectivity index (χ1n) is 6.53. The van der Waals surface area contributed by atoms with Gasteiger partial charge in [-0.1, -0.05) is 5.16 Å². The van der Waals surface area contributed by atoms with Crippen LogP contribution in [0.2, 0.25) is 0 Å². The number of anilines is 1. The van der Waals surface area contributed by atoms with Crippen LogP contribution in [0.5, 0.6) is 5.75 Å². The quantitative estimate of drug-likeness (QED) is 0.844. The zero-order valence-electron chi connectivity index (χ0n) is 11.5. The summed E-state index contributed by atoms with van der Waals surface area (Å²) in [5, 5.41) is 4.01. The van der Waals surface area contributed by atoms with E-state index in [9.17, 15) is 0 Å². The molecule has 20 heavy (non-hydrogen) atoms. The molecule has 0 bridgehead atoms. The van der Waals surface area contributed by atoms with Crippen LogP contribution >= 0.6 is 0 Å². The maximum Gasteiger partial charge on any atom is 0.260 e. The maximum absolute atomic E-state index is 5.95. The van der Waals surface area contributed by atoms with Crippen LogP contribution in [0, 0.1) is 5.92 Å². The Hall–Kier alpha value is -2.08. The Morgan fingerprint density at radius 3 is 2.80 bits per heavy atom. The Labute approximate surface area is 116 Å². The van der Waals surface area contributed by atoms with E-state index in [1.165, 1.54) is 0 Å². The van der Waals surface area contributed by atoms with E-state index >= 15 is 0 Å². The van der Waals surface area contributed by atoms with Crippen LogP contribution in [-0.4, -0.2) is 24.4 Å². The molecule has 6 heteroatoms. The summed E-state index contributed by atoms with van der Waals surface area (Å²) in [6.45, 7) is 0. The van der Waals surface area contributed by atoms with Crippen LogP contribution in [-0.2, 0) is 4.74 Å². The first kappa shape index (κ1) is 12.9. The fraction of sp³-hybridized carbons (Fsp3) is 0.429. The summed E-state index contributed by atoms with van der Waals surface area (Å²) in [6, 6.07) is 5.33. The highest BCUT2D eigenvalue weighted by Crippen LogP contribution is 2.42. The third-order valence-electron chi connectivity index (χ3n) is 3.49. The number of aromatic nitrogens is 2. The second-order valence-electron chi connectivity index (χ2n) is 4.90. The van der Waals surface area contributed by atoms with E-state index in [0.717, 1.165) is 12.8 Å². The van der Waals surface area contributed by atoms with Crippen LogP contribution in [0.15, 0.2) is 22.7 Å². The largest absolute Gasteiger partial charge is 0.497 e. The smallest absolute Gasteiger partial charge is 0.260 e. The second-order valence-corrected chi connectivity index (χ2v) is 4.90. The molecule has 0 radical (unpaired) electrons. The van der Waals surface area contributed by atoms with Gasteiger partial charge in [0.05, 0.1) is 12.7 Å². The Bertz CT molecular complexity index is 607. The molecule has 1 aliphatic carbocycles. The molecule has 1 atom stereocenters. The van der Waals surface area contributed by atoms with Crippen LogP contribution in [0.25, 0.3) is 11.5 Å². The van der Waals surface area contributed by atoms with E-state index < -0.39 is 0 Å². The normalized spacial score (nSPS) is 16.1. The summed E-state index contributed by atoms with van der Waals surface area (Å²) in [6.07, 6.45) is 2.19. The first-order valence-corrected chi connectivity index (χ1v) is 6.53. The molecule has 1 aliphatic rings. The van der Waals surface area contributed by atoms with Gasteiger partial charge in [0.2, 0.25) is 5.82 Å². The Balaban J connectivity index is 1.93. The average molecular weight is 275 g/mol. The molecule has 3 rings (SSSR count). The molecule has 1 saturated carbocycles. The van der Waals surface area contributed by atoms with E-state index in [-0.39, 0.29) is 6.10 Å². The molecule has 6 nitrogen and oxygen atoms in total. The second kappa shape index (κ2) is 5.13. The molecule has 1 aromatic heterocycles. The van der Waals surface area contributed by atoms with Crippen molar-refractivity contribution in [3.63, 3.8) is 0 Å². The van der Waals surface area contributed by atoms with Gasteiger partial charge in [0.15, 0.2) is 0 Å². The lowest BCUT2D eigenvalue weighted by Gasteiger charge is -2.08. The molecule has 2 aromatic rings. The van der Waals surface area contributed by atoms with Crippen LogP contribution in [0.3, 0.4) is 0 Å². The van der Waals surface area contributed by atoms with Gasteiger partial charge in [-0.25, -0.2) is 0 Å². The third-order valence-corrected chi connectivity index (χ3v) is 3.49. The highest BCUT2D eigenvalue weighted by molar-refractivity contribution is 5.72. The van der Waals surface area contributed by atoms with Crippen molar-refractivity contribution in [1.82, 2.24) is 10.1 Å². The standard InChI is InChI=1S/C14H17N3O3/c1-18-9-5-6-11(15)10(7-9)14-16-13(17-20-14)12(19-2)8-3-4-8/h5-8,12H,3-4,15H2,1-2H3. The SMILES string of the molecule is COc1ccc(N)c(-c2nc(C(OC)C3CC3)no2)c1. The van der Waals surface area contributed by atoms with Gasteiger partial charge >= 0.3 is 0 Å². The number of nitrogens with zero attached hydrogens (tertiary/aromatic N) is 2. The summed E-state index contributed by atoms with van der Waals surface area (Å²) < 4.78 is 15.9. The monoisotopic (exact) mass is 275 g/mol. The number of nitrogens with two attached hydrogens (primary N) is 1. The highest BCUT2D eigenvalue weighted by atomic mass is 16.5. The minimum absolute atomic E-state index is 0.0978. The molecular weight excluding hydrogens is 258 g/mol. The molecule has 1 heterocycles. The number of rotatable bonds is 5. The third kappa shape index (κ3) is 2.34. The van der Waals surface area contributed by atoms with Crippen molar-refractivity contribution in [2.24, 2.45) is 5.92 Å². The van der Waals surface area contributed by atoms with Gasteiger partial charge in [0, 0.05) is 12.8 Å². The predicted molar refractivity (Wildman–Crippen MR) is 73.2 cm³/mol. The Morgan fingerprint density at radius 2 is 2.15 bits per heavy atom. The number of methoxy groups -OCH3 is 2. The summed E-state index contributed by atoms with van der Waals surface area (Å²) in [4.78, 5) is 4.41. The first-order chi connectivity index (χ1) is 9.72.